The topological polar surface area (TPSA) is 55.6 Å². The third kappa shape index (κ3) is 2.13. The lowest BCUT2D eigenvalue weighted by Crippen LogP contribution is -2.36. The van der Waals surface area contributed by atoms with Crippen molar-refractivity contribution in [1.29, 1.82) is 0 Å². The van der Waals surface area contributed by atoms with Gasteiger partial charge in [-0.05, 0) is 13.0 Å². The van der Waals surface area contributed by atoms with Crippen LogP contribution in [0.25, 0.3) is 0 Å². The van der Waals surface area contributed by atoms with Crippen molar-refractivity contribution in [2.45, 2.75) is 6.92 Å². The molecule has 1 saturated heterocycles. The minimum Gasteiger partial charge on any atom is -0.378 e. The van der Waals surface area contributed by atoms with Gasteiger partial charge in [-0.3, -0.25) is 4.79 Å². The number of aryl methyl sites for hydroxylation is 1. The van der Waals surface area contributed by atoms with E-state index in [9.17, 15) is 4.79 Å². The van der Waals surface area contributed by atoms with Gasteiger partial charge in [0.2, 0.25) is 0 Å². The van der Waals surface area contributed by atoms with E-state index in [-0.39, 0.29) is 5.91 Å². The summed E-state index contributed by atoms with van der Waals surface area (Å²) >= 11 is 1.62. The summed E-state index contributed by atoms with van der Waals surface area (Å²) in [7, 11) is 0. The van der Waals surface area contributed by atoms with E-state index in [1.165, 1.54) is 0 Å². The highest BCUT2D eigenvalue weighted by atomic mass is 32.1. The standard InChI is InChI=1S/C10H14N2O2S/c1-7-6-8(9(11)13)10(15-7)12-2-4-14-5-3-12/h6H,2-5H2,1H3,(H2,11,13). The predicted octanol–water partition coefficient (Wildman–Crippen LogP) is 0.992. The normalized spacial score (nSPS) is 16.7. The van der Waals surface area contributed by atoms with E-state index in [2.05, 4.69) is 4.90 Å². The summed E-state index contributed by atoms with van der Waals surface area (Å²) in [6.07, 6.45) is 0. The summed E-state index contributed by atoms with van der Waals surface area (Å²) in [6.45, 7) is 5.09. The Balaban J connectivity index is 2.28. The summed E-state index contributed by atoms with van der Waals surface area (Å²) in [5.41, 5.74) is 5.98. The molecule has 5 heteroatoms. The molecule has 0 spiro atoms. The first-order valence-electron chi connectivity index (χ1n) is 4.91. The van der Waals surface area contributed by atoms with E-state index in [4.69, 9.17) is 10.5 Å². The van der Waals surface area contributed by atoms with Gasteiger partial charge >= 0.3 is 0 Å². The van der Waals surface area contributed by atoms with Crippen LogP contribution in [0, 0.1) is 6.92 Å². The first kappa shape index (κ1) is 10.4. The molecule has 1 fully saturated rings. The zero-order valence-electron chi connectivity index (χ0n) is 8.66. The zero-order valence-corrected chi connectivity index (χ0v) is 9.47. The number of carbonyl (C=O) groups excluding carboxylic acids is 1. The van der Waals surface area contributed by atoms with Crippen LogP contribution in [0.15, 0.2) is 6.07 Å². The van der Waals surface area contributed by atoms with E-state index >= 15 is 0 Å². The fraction of sp³-hybridized carbons (Fsp3) is 0.500. The quantitative estimate of drug-likeness (QED) is 0.818. The lowest BCUT2D eigenvalue weighted by Gasteiger charge is -2.28. The number of thiophene rings is 1. The lowest BCUT2D eigenvalue weighted by molar-refractivity contribution is 0.0999. The molecule has 82 valence electrons. The van der Waals surface area contributed by atoms with Crippen LogP contribution in [-0.4, -0.2) is 32.2 Å². The summed E-state index contributed by atoms with van der Waals surface area (Å²) in [5.74, 6) is -0.346. The molecule has 1 aliphatic heterocycles. The van der Waals surface area contributed by atoms with Gasteiger partial charge in [0.1, 0.15) is 5.00 Å². The summed E-state index contributed by atoms with van der Waals surface area (Å²) < 4.78 is 5.28. The monoisotopic (exact) mass is 226 g/mol. The second kappa shape index (κ2) is 4.20. The van der Waals surface area contributed by atoms with Crippen LogP contribution in [0.4, 0.5) is 5.00 Å². The Bertz CT molecular complexity index is 369. The zero-order chi connectivity index (χ0) is 10.8. The molecule has 1 amide bonds. The smallest absolute Gasteiger partial charge is 0.251 e. The van der Waals surface area contributed by atoms with Gasteiger partial charge in [0.25, 0.3) is 5.91 Å². The van der Waals surface area contributed by atoms with Crippen molar-refractivity contribution in [3.8, 4) is 0 Å². The molecule has 0 aromatic carbocycles. The van der Waals surface area contributed by atoms with Crippen LogP contribution in [0.1, 0.15) is 15.2 Å². The molecule has 0 bridgehead atoms. The molecule has 1 aromatic rings. The van der Waals surface area contributed by atoms with Crippen LogP contribution >= 0.6 is 11.3 Å². The Morgan fingerprint density at radius 2 is 2.20 bits per heavy atom. The maximum atomic E-state index is 11.2. The first-order valence-corrected chi connectivity index (χ1v) is 5.73. The average Bonchev–Trinajstić information content (AvgIpc) is 2.62. The van der Waals surface area contributed by atoms with Gasteiger partial charge in [-0.1, -0.05) is 0 Å². The van der Waals surface area contributed by atoms with E-state index in [0.29, 0.717) is 5.56 Å². The highest BCUT2D eigenvalue weighted by Gasteiger charge is 2.19. The highest BCUT2D eigenvalue weighted by molar-refractivity contribution is 7.16. The van der Waals surface area contributed by atoms with Crippen molar-refractivity contribution >= 4 is 22.2 Å². The Morgan fingerprint density at radius 3 is 2.80 bits per heavy atom. The summed E-state index contributed by atoms with van der Waals surface area (Å²) in [6, 6.07) is 1.86. The number of carbonyl (C=O) groups is 1. The molecule has 15 heavy (non-hydrogen) atoms. The van der Waals surface area contributed by atoms with Gasteiger partial charge in [-0.15, -0.1) is 11.3 Å². The molecule has 0 saturated carbocycles. The maximum absolute atomic E-state index is 11.2. The minimum absolute atomic E-state index is 0.346. The molecular weight excluding hydrogens is 212 g/mol. The predicted molar refractivity (Wildman–Crippen MR) is 60.6 cm³/mol. The van der Waals surface area contributed by atoms with E-state index in [1.54, 1.807) is 11.3 Å². The van der Waals surface area contributed by atoms with Crippen LogP contribution < -0.4 is 10.6 Å². The number of hydrogen-bond donors (Lipinski definition) is 1. The molecule has 1 aliphatic rings. The van der Waals surface area contributed by atoms with Gasteiger partial charge in [0.15, 0.2) is 0 Å². The third-order valence-corrected chi connectivity index (χ3v) is 3.51. The highest BCUT2D eigenvalue weighted by Crippen LogP contribution is 2.31. The fourth-order valence-corrected chi connectivity index (χ4v) is 2.74. The van der Waals surface area contributed by atoms with Gasteiger partial charge in [0.05, 0.1) is 18.8 Å². The number of amides is 1. The molecule has 0 atom stereocenters. The van der Waals surface area contributed by atoms with Gasteiger partial charge < -0.3 is 15.4 Å². The number of rotatable bonds is 2. The van der Waals surface area contributed by atoms with Crippen molar-refractivity contribution in [2.24, 2.45) is 5.73 Å². The molecule has 0 radical (unpaired) electrons. The summed E-state index contributed by atoms with van der Waals surface area (Å²) in [4.78, 5) is 14.5. The van der Waals surface area contributed by atoms with Crippen molar-refractivity contribution in [1.82, 2.24) is 0 Å². The first-order chi connectivity index (χ1) is 7.18. The Labute approximate surface area is 92.6 Å². The van der Waals surface area contributed by atoms with Crippen molar-refractivity contribution in [2.75, 3.05) is 31.2 Å². The molecular formula is C10H14N2O2S. The van der Waals surface area contributed by atoms with Crippen LogP contribution in [0.5, 0.6) is 0 Å². The maximum Gasteiger partial charge on any atom is 0.251 e. The number of nitrogens with two attached hydrogens (primary N) is 1. The second-order valence-electron chi connectivity index (χ2n) is 3.54. The lowest BCUT2D eigenvalue weighted by atomic mass is 10.2. The average molecular weight is 226 g/mol. The van der Waals surface area contributed by atoms with E-state index in [0.717, 1.165) is 36.2 Å². The van der Waals surface area contributed by atoms with Gasteiger partial charge in [0, 0.05) is 18.0 Å². The summed E-state index contributed by atoms with van der Waals surface area (Å²) in [5, 5.41) is 0.989. The Hall–Kier alpha value is -1.07. The van der Waals surface area contributed by atoms with Crippen LogP contribution in [-0.2, 0) is 4.74 Å². The van der Waals surface area contributed by atoms with Gasteiger partial charge in [-0.2, -0.15) is 0 Å². The fourth-order valence-electron chi connectivity index (χ4n) is 1.68. The van der Waals surface area contributed by atoms with Crippen LogP contribution in [0.2, 0.25) is 0 Å². The molecule has 2 N–H and O–H groups in total. The largest absolute Gasteiger partial charge is 0.378 e. The molecule has 2 heterocycles. The molecule has 0 aliphatic carbocycles. The molecule has 1 aromatic heterocycles. The van der Waals surface area contributed by atoms with E-state index < -0.39 is 0 Å². The number of hydrogen-bond acceptors (Lipinski definition) is 4. The number of primary amides is 1. The molecule has 0 unspecified atom stereocenters. The van der Waals surface area contributed by atoms with Crippen molar-refractivity contribution in [3.63, 3.8) is 0 Å². The number of ether oxygens (including phenoxy) is 1. The van der Waals surface area contributed by atoms with Crippen molar-refractivity contribution in [3.05, 3.63) is 16.5 Å². The number of morpholine rings is 1. The molecule has 4 nitrogen and oxygen atoms in total. The van der Waals surface area contributed by atoms with Gasteiger partial charge in [-0.25, -0.2) is 0 Å². The van der Waals surface area contributed by atoms with Crippen molar-refractivity contribution < 1.29 is 9.53 Å². The van der Waals surface area contributed by atoms with Crippen LogP contribution in [0.3, 0.4) is 0 Å². The van der Waals surface area contributed by atoms with E-state index in [1.807, 2.05) is 13.0 Å². The number of anilines is 1. The Morgan fingerprint density at radius 1 is 1.53 bits per heavy atom. The second-order valence-corrected chi connectivity index (χ2v) is 4.77. The minimum atomic E-state index is -0.346. The molecule has 2 rings (SSSR count). The third-order valence-electron chi connectivity index (χ3n) is 2.40. The number of nitrogens with zero attached hydrogens (tertiary/aromatic N) is 1. The Kier molecular flexibility index (Phi) is 2.93. The SMILES string of the molecule is Cc1cc(C(N)=O)c(N2CCOCC2)s1.